The van der Waals surface area contributed by atoms with Gasteiger partial charge in [-0.05, 0) is 49.9 Å². The van der Waals surface area contributed by atoms with E-state index in [1.807, 2.05) is 18.2 Å². The normalized spacial score (nSPS) is 21.3. The molecule has 4 heterocycles. The monoisotopic (exact) mass is 433 g/mol. The number of amides is 1. The summed E-state index contributed by atoms with van der Waals surface area (Å²) in [5.74, 6) is 1.47. The van der Waals surface area contributed by atoms with E-state index >= 15 is 0 Å². The van der Waals surface area contributed by atoms with Crippen molar-refractivity contribution in [3.63, 3.8) is 0 Å². The van der Waals surface area contributed by atoms with E-state index in [1.165, 1.54) is 0 Å². The van der Waals surface area contributed by atoms with Crippen LogP contribution in [0.2, 0.25) is 0 Å². The van der Waals surface area contributed by atoms with Crippen LogP contribution >= 0.6 is 0 Å². The molecule has 0 spiro atoms. The van der Waals surface area contributed by atoms with Gasteiger partial charge in [0.1, 0.15) is 11.9 Å². The van der Waals surface area contributed by atoms with E-state index in [4.69, 9.17) is 14.5 Å². The zero-order valence-corrected chi connectivity index (χ0v) is 17.9. The van der Waals surface area contributed by atoms with Crippen molar-refractivity contribution < 1.29 is 14.3 Å². The van der Waals surface area contributed by atoms with Crippen molar-refractivity contribution in [3.05, 3.63) is 54.5 Å². The highest BCUT2D eigenvalue weighted by Crippen LogP contribution is 2.31. The van der Waals surface area contributed by atoms with Gasteiger partial charge in [0, 0.05) is 49.4 Å². The number of nitrogens with one attached hydrogen (secondary N) is 1. The molecular formula is C24H27N5O3. The lowest BCUT2D eigenvalue weighted by molar-refractivity contribution is 0.0891. The first-order chi connectivity index (χ1) is 15.8. The molecule has 1 N–H and O–H groups in total. The highest BCUT2D eigenvalue weighted by atomic mass is 16.5. The molecule has 0 aromatic carbocycles. The molecule has 1 aliphatic carbocycles. The number of nitrogens with zero attached hydrogens (tertiary/aromatic N) is 4. The summed E-state index contributed by atoms with van der Waals surface area (Å²) in [4.78, 5) is 28.0. The van der Waals surface area contributed by atoms with E-state index in [9.17, 15) is 4.79 Å². The highest BCUT2D eigenvalue weighted by molar-refractivity contribution is 5.94. The van der Waals surface area contributed by atoms with Gasteiger partial charge >= 0.3 is 0 Å². The molecule has 8 heteroatoms. The Morgan fingerprint density at radius 2 is 1.84 bits per heavy atom. The molecule has 166 valence electrons. The van der Waals surface area contributed by atoms with E-state index in [1.54, 1.807) is 30.7 Å². The standard InChI is InChI=1S/C24H27N5O3/c30-23(17-7-10-25-11-8-17)27-18-3-5-19(6-4-18)32-24-20-2-1-9-26-21(20)16-22(28-24)29-12-14-31-15-13-29/h1-2,7-11,16,18-19H,3-6,12-15H2,(H,27,30). The van der Waals surface area contributed by atoms with Gasteiger partial charge in [-0.2, -0.15) is 4.98 Å². The number of anilines is 1. The third kappa shape index (κ3) is 4.65. The molecule has 0 bridgehead atoms. The van der Waals surface area contributed by atoms with Crippen molar-refractivity contribution in [1.82, 2.24) is 20.3 Å². The first kappa shape index (κ1) is 20.6. The van der Waals surface area contributed by atoms with Crippen LogP contribution in [0.15, 0.2) is 48.9 Å². The van der Waals surface area contributed by atoms with E-state index in [0.29, 0.717) is 24.7 Å². The summed E-state index contributed by atoms with van der Waals surface area (Å²) in [5.41, 5.74) is 1.53. The van der Waals surface area contributed by atoms with E-state index in [-0.39, 0.29) is 18.1 Å². The van der Waals surface area contributed by atoms with Crippen LogP contribution in [0.5, 0.6) is 5.88 Å². The van der Waals surface area contributed by atoms with Crippen molar-refractivity contribution in [1.29, 1.82) is 0 Å². The maximum Gasteiger partial charge on any atom is 0.251 e. The number of ether oxygens (including phenoxy) is 2. The third-order valence-electron chi connectivity index (χ3n) is 6.12. The molecule has 3 aromatic heterocycles. The lowest BCUT2D eigenvalue weighted by Gasteiger charge is -2.31. The SMILES string of the molecule is O=C(NC1CCC(Oc2nc(N3CCOCC3)cc3ncccc23)CC1)c1ccncc1. The summed E-state index contributed by atoms with van der Waals surface area (Å²) in [6.07, 6.45) is 8.63. The summed E-state index contributed by atoms with van der Waals surface area (Å²) in [7, 11) is 0. The number of carbonyl (C=O) groups is 1. The fraction of sp³-hybridized carbons (Fsp3) is 0.417. The van der Waals surface area contributed by atoms with Gasteiger partial charge in [-0.3, -0.25) is 14.8 Å². The van der Waals surface area contributed by atoms with Crippen molar-refractivity contribution in [2.45, 2.75) is 37.8 Å². The lowest BCUT2D eigenvalue weighted by atomic mass is 9.92. The molecule has 2 fully saturated rings. The van der Waals surface area contributed by atoms with Crippen molar-refractivity contribution in [2.24, 2.45) is 0 Å². The van der Waals surface area contributed by atoms with Gasteiger partial charge in [0.05, 0.1) is 24.1 Å². The topological polar surface area (TPSA) is 89.5 Å². The average molecular weight is 434 g/mol. The Kier molecular flexibility index (Phi) is 6.11. The Morgan fingerprint density at radius 3 is 2.62 bits per heavy atom. The first-order valence-corrected chi connectivity index (χ1v) is 11.2. The number of fused-ring (bicyclic) bond motifs is 1. The van der Waals surface area contributed by atoms with Crippen molar-refractivity contribution >= 4 is 22.6 Å². The predicted octanol–water partition coefficient (Wildman–Crippen LogP) is 2.98. The highest BCUT2D eigenvalue weighted by Gasteiger charge is 2.25. The molecule has 1 saturated carbocycles. The fourth-order valence-corrected chi connectivity index (χ4v) is 4.33. The number of carbonyl (C=O) groups excluding carboxylic acids is 1. The molecule has 0 radical (unpaired) electrons. The van der Waals surface area contributed by atoms with E-state index in [0.717, 1.165) is 55.5 Å². The van der Waals surface area contributed by atoms with Crippen LogP contribution in [0.4, 0.5) is 5.82 Å². The number of aromatic nitrogens is 3. The number of hydrogen-bond donors (Lipinski definition) is 1. The Hall–Kier alpha value is -3.26. The van der Waals surface area contributed by atoms with Gasteiger partial charge in [-0.15, -0.1) is 0 Å². The third-order valence-corrected chi connectivity index (χ3v) is 6.12. The lowest BCUT2D eigenvalue weighted by Crippen LogP contribution is -2.39. The van der Waals surface area contributed by atoms with Crippen LogP contribution in [0, 0.1) is 0 Å². The summed E-state index contributed by atoms with van der Waals surface area (Å²) in [5, 5.41) is 4.06. The minimum absolute atomic E-state index is 0.0475. The Labute approximate surface area is 187 Å². The predicted molar refractivity (Wildman–Crippen MR) is 121 cm³/mol. The summed E-state index contributed by atoms with van der Waals surface area (Å²) in [6, 6.07) is 9.57. The molecular weight excluding hydrogens is 406 g/mol. The molecule has 0 atom stereocenters. The van der Waals surface area contributed by atoms with Crippen LogP contribution in [-0.4, -0.2) is 59.3 Å². The Bertz CT molecular complexity index is 1060. The smallest absolute Gasteiger partial charge is 0.251 e. The zero-order chi connectivity index (χ0) is 21.8. The molecule has 5 rings (SSSR count). The quantitative estimate of drug-likeness (QED) is 0.662. The number of rotatable bonds is 5. The van der Waals surface area contributed by atoms with Crippen LogP contribution < -0.4 is 15.0 Å². The maximum atomic E-state index is 12.4. The minimum Gasteiger partial charge on any atom is -0.474 e. The Balaban J connectivity index is 1.25. The number of morpholine rings is 1. The second kappa shape index (κ2) is 9.48. The molecule has 0 unspecified atom stereocenters. The second-order valence-electron chi connectivity index (χ2n) is 8.26. The van der Waals surface area contributed by atoms with Crippen molar-refractivity contribution in [2.75, 3.05) is 31.2 Å². The maximum absolute atomic E-state index is 12.4. The fourth-order valence-electron chi connectivity index (χ4n) is 4.33. The molecule has 1 amide bonds. The van der Waals surface area contributed by atoms with Gasteiger partial charge in [-0.1, -0.05) is 0 Å². The van der Waals surface area contributed by atoms with Crippen LogP contribution in [0.25, 0.3) is 10.9 Å². The molecule has 3 aromatic rings. The van der Waals surface area contributed by atoms with Crippen LogP contribution in [0.1, 0.15) is 36.0 Å². The average Bonchev–Trinajstić information content (AvgIpc) is 2.86. The summed E-state index contributed by atoms with van der Waals surface area (Å²) in [6.45, 7) is 3.03. The molecule has 32 heavy (non-hydrogen) atoms. The zero-order valence-electron chi connectivity index (χ0n) is 17.9. The van der Waals surface area contributed by atoms with Gasteiger partial charge in [-0.25, -0.2) is 0 Å². The Morgan fingerprint density at radius 1 is 1.06 bits per heavy atom. The molecule has 2 aliphatic rings. The van der Waals surface area contributed by atoms with Crippen LogP contribution in [0.3, 0.4) is 0 Å². The van der Waals surface area contributed by atoms with E-state index < -0.39 is 0 Å². The second-order valence-corrected chi connectivity index (χ2v) is 8.26. The first-order valence-electron chi connectivity index (χ1n) is 11.2. The van der Waals surface area contributed by atoms with Crippen molar-refractivity contribution in [3.8, 4) is 5.88 Å². The largest absolute Gasteiger partial charge is 0.474 e. The summed E-state index contributed by atoms with van der Waals surface area (Å²) < 4.78 is 11.9. The van der Waals surface area contributed by atoms with Crippen LogP contribution in [-0.2, 0) is 4.74 Å². The van der Waals surface area contributed by atoms with Gasteiger partial charge in [0.25, 0.3) is 5.91 Å². The van der Waals surface area contributed by atoms with E-state index in [2.05, 4.69) is 20.2 Å². The number of pyridine rings is 3. The van der Waals surface area contributed by atoms with Gasteiger partial charge < -0.3 is 19.7 Å². The van der Waals surface area contributed by atoms with Gasteiger partial charge in [0.15, 0.2) is 0 Å². The molecule has 1 aliphatic heterocycles. The summed E-state index contributed by atoms with van der Waals surface area (Å²) >= 11 is 0. The van der Waals surface area contributed by atoms with Gasteiger partial charge in [0.2, 0.25) is 5.88 Å². The molecule has 8 nitrogen and oxygen atoms in total. The minimum atomic E-state index is -0.0475. The molecule has 1 saturated heterocycles. The number of hydrogen-bond acceptors (Lipinski definition) is 7.